The van der Waals surface area contributed by atoms with Crippen LogP contribution in [0.15, 0.2) is 24.3 Å². The Morgan fingerprint density at radius 3 is 2.14 bits per heavy atom. The molecule has 7 heteroatoms. The summed E-state index contributed by atoms with van der Waals surface area (Å²) in [7, 11) is 0. The Balaban J connectivity index is 2.99. The van der Waals surface area contributed by atoms with Gasteiger partial charge in [-0.3, -0.25) is 14.5 Å². The number of hydrogen-bond acceptors (Lipinski definition) is 3. The van der Waals surface area contributed by atoms with Gasteiger partial charge >= 0.3 is 12.0 Å². The molecule has 21 heavy (non-hydrogen) atoms. The molecule has 0 bridgehead atoms. The van der Waals surface area contributed by atoms with Crippen LogP contribution in [0.3, 0.4) is 0 Å². The number of carboxylic acids is 1. The Kier molecular flexibility index (Phi) is 5.71. The number of carbonyl (C=O) groups is 3. The maximum Gasteiger partial charge on any atom is 0.325 e. The van der Waals surface area contributed by atoms with Crippen molar-refractivity contribution in [2.75, 3.05) is 24.5 Å². The molecular weight excluding hydrogens is 274 g/mol. The fourth-order valence-electron chi connectivity index (χ4n) is 1.87. The van der Waals surface area contributed by atoms with Crippen molar-refractivity contribution in [2.45, 2.75) is 13.8 Å². The van der Waals surface area contributed by atoms with Crippen LogP contribution in [-0.4, -0.2) is 47.5 Å². The van der Waals surface area contributed by atoms with Gasteiger partial charge in [-0.2, -0.15) is 0 Å². The minimum atomic E-state index is -1.20. The van der Waals surface area contributed by atoms with Gasteiger partial charge in [-0.15, -0.1) is 0 Å². The van der Waals surface area contributed by atoms with Gasteiger partial charge in [0.25, 0.3) is 0 Å². The van der Waals surface area contributed by atoms with E-state index in [4.69, 9.17) is 10.8 Å². The van der Waals surface area contributed by atoms with Gasteiger partial charge in [-0.1, -0.05) is 17.7 Å². The number of carboxylic acid groups (broad SMARTS) is 1. The molecule has 0 aliphatic heterocycles. The van der Waals surface area contributed by atoms with Gasteiger partial charge < -0.3 is 15.7 Å². The largest absolute Gasteiger partial charge is 0.480 e. The van der Waals surface area contributed by atoms with Gasteiger partial charge in [-0.05, 0) is 26.0 Å². The fourth-order valence-corrected chi connectivity index (χ4v) is 1.87. The second kappa shape index (κ2) is 7.28. The first-order valence-electron chi connectivity index (χ1n) is 6.48. The van der Waals surface area contributed by atoms with Gasteiger partial charge in [0.05, 0.1) is 0 Å². The number of rotatable bonds is 6. The van der Waals surface area contributed by atoms with Crippen molar-refractivity contribution >= 4 is 23.6 Å². The van der Waals surface area contributed by atoms with E-state index < -0.39 is 31.0 Å². The Hall–Kier alpha value is -2.57. The molecule has 0 aromatic heterocycles. The van der Waals surface area contributed by atoms with Gasteiger partial charge in [-0.25, -0.2) is 4.79 Å². The van der Waals surface area contributed by atoms with Gasteiger partial charge in [0.15, 0.2) is 0 Å². The highest BCUT2D eigenvalue weighted by atomic mass is 16.4. The molecule has 0 radical (unpaired) electrons. The van der Waals surface area contributed by atoms with E-state index >= 15 is 0 Å². The Labute approximate surface area is 122 Å². The van der Waals surface area contributed by atoms with Crippen molar-refractivity contribution in [1.29, 1.82) is 0 Å². The number of benzene rings is 1. The van der Waals surface area contributed by atoms with Crippen LogP contribution in [0.5, 0.6) is 0 Å². The summed E-state index contributed by atoms with van der Waals surface area (Å²) in [5.41, 5.74) is 6.74. The van der Waals surface area contributed by atoms with E-state index in [1.807, 2.05) is 19.1 Å². The van der Waals surface area contributed by atoms with E-state index in [9.17, 15) is 14.4 Å². The number of urea groups is 1. The molecule has 0 aliphatic rings. The van der Waals surface area contributed by atoms with Gasteiger partial charge in [0.1, 0.15) is 13.1 Å². The standard InChI is InChI=1S/C14H19N3O4/c1-3-17(11-6-4-10(2)5-7-11)14(21)16(8-12(15)18)9-13(19)20/h4-7H,3,8-9H2,1-2H3,(H2,15,18)(H,19,20). The van der Waals surface area contributed by atoms with Crippen molar-refractivity contribution in [3.8, 4) is 0 Å². The van der Waals surface area contributed by atoms with E-state index in [-0.39, 0.29) is 0 Å². The third-order valence-electron chi connectivity index (χ3n) is 2.84. The molecule has 0 fully saturated rings. The lowest BCUT2D eigenvalue weighted by Gasteiger charge is -2.28. The monoisotopic (exact) mass is 293 g/mol. The second-order valence-electron chi connectivity index (χ2n) is 4.58. The Morgan fingerprint density at radius 2 is 1.71 bits per heavy atom. The third kappa shape index (κ3) is 4.79. The molecule has 1 rings (SSSR count). The molecule has 0 atom stereocenters. The summed E-state index contributed by atoms with van der Waals surface area (Å²) in [4.78, 5) is 36.5. The highest BCUT2D eigenvalue weighted by Crippen LogP contribution is 2.16. The fraction of sp³-hybridized carbons (Fsp3) is 0.357. The number of hydrogen-bond donors (Lipinski definition) is 2. The van der Waals surface area contributed by atoms with E-state index in [0.717, 1.165) is 10.5 Å². The van der Waals surface area contributed by atoms with Crippen molar-refractivity contribution in [1.82, 2.24) is 4.90 Å². The summed E-state index contributed by atoms with van der Waals surface area (Å²) in [6.07, 6.45) is 0. The summed E-state index contributed by atoms with van der Waals surface area (Å²) in [6.45, 7) is 3.01. The summed E-state index contributed by atoms with van der Waals surface area (Å²) >= 11 is 0. The van der Waals surface area contributed by atoms with Crippen LogP contribution in [0.25, 0.3) is 0 Å². The lowest BCUT2D eigenvalue weighted by Crippen LogP contribution is -2.48. The molecule has 0 saturated heterocycles. The predicted octanol–water partition coefficient (Wildman–Crippen LogP) is 0.813. The quantitative estimate of drug-likeness (QED) is 0.810. The summed E-state index contributed by atoms with van der Waals surface area (Å²) < 4.78 is 0. The molecule has 114 valence electrons. The molecule has 3 N–H and O–H groups in total. The van der Waals surface area contributed by atoms with Crippen LogP contribution in [0.1, 0.15) is 12.5 Å². The lowest BCUT2D eigenvalue weighted by atomic mass is 10.2. The topological polar surface area (TPSA) is 104 Å². The average molecular weight is 293 g/mol. The lowest BCUT2D eigenvalue weighted by molar-refractivity contribution is -0.137. The molecule has 0 aliphatic carbocycles. The highest BCUT2D eigenvalue weighted by Gasteiger charge is 2.24. The zero-order valence-corrected chi connectivity index (χ0v) is 12.1. The number of anilines is 1. The number of nitrogens with two attached hydrogens (primary N) is 1. The van der Waals surface area contributed by atoms with Crippen LogP contribution in [0, 0.1) is 6.92 Å². The number of aliphatic carboxylic acids is 1. The minimum absolute atomic E-state index is 0.344. The smallest absolute Gasteiger partial charge is 0.325 e. The first kappa shape index (κ1) is 16.5. The van der Waals surface area contributed by atoms with E-state index in [1.165, 1.54) is 4.90 Å². The van der Waals surface area contributed by atoms with E-state index in [1.54, 1.807) is 19.1 Å². The van der Waals surface area contributed by atoms with Crippen LogP contribution < -0.4 is 10.6 Å². The summed E-state index contributed by atoms with van der Waals surface area (Å²) in [5, 5.41) is 8.84. The van der Waals surface area contributed by atoms with E-state index in [2.05, 4.69) is 0 Å². The second-order valence-corrected chi connectivity index (χ2v) is 4.58. The van der Waals surface area contributed by atoms with Crippen LogP contribution in [-0.2, 0) is 9.59 Å². The molecule has 0 spiro atoms. The maximum atomic E-state index is 12.4. The van der Waals surface area contributed by atoms with Gasteiger partial charge in [0, 0.05) is 12.2 Å². The van der Waals surface area contributed by atoms with Gasteiger partial charge in [0.2, 0.25) is 5.91 Å². The number of nitrogens with zero attached hydrogens (tertiary/aromatic N) is 2. The Morgan fingerprint density at radius 1 is 1.14 bits per heavy atom. The SMILES string of the molecule is CCN(C(=O)N(CC(N)=O)CC(=O)O)c1ccc(C)cc1. The Bertz CT molecular complexity index is 512. The molecule has 0 heterocycles. The molecule has 1 aromatic carbocycles. The molecule has 0 saturated carbocycles. The van der Waals surface area contributed by atoms with Crippen LogP contribution >= 0.6 is 0 Å². The molecule has 3 amide bonds. The minimum Gasteiger partial charge on any atom is -0.480 e. The highest BCUT2D eigenvalue weighted by molar-refractivity contribution is 5.95. The number of amides is 3. The first-order valence-corrected chi connectivity index (χ1v) is 6.48. The van der Waals surface area contributed by atoms with Crippen molar-refractivity contribution in [2.24, 2.45) is 5.73 Å². The van der Waals surface area contributed by atoms with Crippen molar-refractivity contribution in [3.63, 3.8) is 0 Å². The van der Waals surface area contributed by atoms with Crippen molar-refractivity contribution in [3.05, 3.63) is 29.8 Å². The molecule has 0 unspecified atom stereocenters. The normalized spacial score (nSPS) is 10.0. The predicted molar refractivity (Wildman–Crippen MR) is 78.0 cm³/mol. The number of primary amides is 1. The van der Waals surface area contributed by atoms with Crippen LogP contribution in [0.2, 0.25) is 0 Å². The maximum absolute atomic E-state index is 12.4. The molecular formula is C14H19N3O4. The number of carbonyl (C=O) groups excluding carboxylic acids is 2. The average Bonchev–Trinajstić information content (AvgIpc) is 2.39. The summed E-state index contributed by atoms with van der Waals surface area (Å²) in [5.74, 6) is -1.96. The molecule has 1 aromatic rings. The molecule has 7 nitrogen and oxygen atoms in total. The zero-order chi connectivity index (χ0) is 16.0. The third-order valence-corrected chi connectivity index (χ3v) is 2.84. The summed E-state index contributed by atoms with van der Waals surface area (Å²) in [6, 6.07) is 6.66. The van der Waals surface area contributed by atoms with Crippen LogP contribution in [0.4, 0.5) is 10.5 Å². The van der Waals surface area contributed by atoms with Crippen molar-refractivity contribution < 1.29 is 19.5 Å². The zero-order valence-electron chi connectivity index (χ0n) is 12.1. The first-order chi connectivity index (χ1) is 9.85. The number of aryl methyl sites for hydroxylation is 1. The van der Waals surface area contributed by atoms with E-state index in [0.29, 0.717) is 12.2 Å².